The highest BCUT2D eigenvalue weighted by molar-refractivity contribution is 5.92. The Bertz CT molecular complexity index is 990. The summed E-state index contributed by atoms with van der Waals surface area (Å²) in [5.41, 5.74) is 4.18. The molecule has 4 rings (SSSR count). The first-order valence-corrected chi connectivity index (χ1v) is 10.2. The first-order valence-electron chi connectivity index (χ1n) is 10.2. The molecule has 0 bridgehead atoms. The van der Waals surface area contributed by atoms with Gasteiger partial charge in [-0.2, -0.15) is 4.98 Å². The average Bonchev–Trinajstić information content (AvgIpc) is 3.24. The molecule has 6 nitrogen and oxygen atoms in total. The number of aryl methyl sites for hydroxylation is 2. The van der Waals surface area contributed by atoms with Gasteiger partial charge >= 0.3 is 6.01 Å². The van der Waals surface area contributed by atoms with Crippen molar-refractivity contribution in [2.75, 3.05) is 23.3 Å². The molecular weight excluding hydrogens is 364 g/mol. The van der Waals surface area contributed by atoms with Crippen LogP contribution in [0, 0.1) is 12.8 Å². The molecular formula is C23H26N4O2. The van der Waals surface area contributed by atoms with Crippen LogP contribution in [0.2, 0.25) is 0 Å². The van der Waals surface area contributed by atoms with Gasteiger partial charge in [0.25, 0.3) is 0 Å². The van der Waals surface area contributed by atoms with Crippen molar-refractivity contribution in [2.24, 2.45) is 5.92 Å². The van der Waals surface area contributed by atoms with E-state index in [9.17, 15) is 4.79 Å². The van der Waals surface area contributed by atoms with Gasteiger partial charge in [-0.3, -0.25) is 4.79 Å². The maximum absolute atomic E-state index is 12.7. The van der Waals surface area contributed by atoms with E-state index in [4.69, 9.17) is 4.52 Å². The highest BCUT2D eigenvalue weighted by Crippen LogP contribution is 2.26. The summed E-state index contributed by atoms with van der Waals surface area (Å²) in [6.07, 6.45) is 2.49. The fourth-order valence-electron chi connectivity index (χ4n) is 3.72. The lowest BCUT2D eigenvalue weighted by atomic mass is 9.96. The topological polar surface area (TPSA) is 71.3 Å². The van der Waals surface area contributed by atoms with Gasteiger partial charge in [0.05, 0.1) is 0 Å². The first kappa shape index (κ1) is 19.2. The molecule has 2 heterocycles. The number of piperidine rings is 1. The first-order chi connectivity index (χ1) is 14.1. The smallest absolute Gasteiger partial charge is 0.324 e. The van der Waals surface area contributed by atoms with Gasteiger partial charge in [-0.1, -0.05) is 48.5 Å². The van der Waals surface area contributed by atoms with Crippen LogP contribution >= 0.6 is 0 Å². The molecule has 0 spiro atoms. The summed E-state index contributed by atoms with van der Waals surface area (Å²) in [6.45, 7) is 5.59. The van der Waals surface area contributed by atoms with Gasteiger partial charge in [0, 0.05) is 30.3 Å². The lowest BCUT2D eigenvalue weighted by Gasteiger charge is -2.29. The standard InChI is InChI=1S/C23H26N4O2/c1-3-17-8-6-9-19(15-17)24-22(28)18-11-13-27(14-12-18)23-25-21(26-29-23)20-10-5-4-7-16(20)2/h4-10,15,18H,3,11-14H2,1-2H3,(H,24,28). The van der Waals surface area contributed by atoms with E-state index in [2.05, 4.69) is 33.3 Å². The Balaban J connectivity index is 1.36. The van der Waals surface area contributed by atoms with E-state index in [-0.39, 0.29) is 11.8 Å². The van der Waals surface area contributed by atoms with E-state index >= 15 is 0 Å². The van der Waals surface area contributed by atoms with Gasteiger partial charge in [-0.05, 0) is 49.4 Å². The van der Waals surface area contributed by atoms with Crippen molar-refractivity contribution in [1.29, 1.82) is 0 Å². The lowest BCUT2D eigenvalue weighted by Crippen LogP contribution is -2.38. The van der Waals surface area contributed by atoms with E-state index in [1.807, 2.05) is 49.4 Å². The molecule has 0 atom stereocenters. The van der Waals surface area contributed by atoms with E-state index in [0.717, 1.165) is 49.2 Å². The third-order valence-corrected chi connectivity index (χ3v) is 5.54. The Morgan fingerprint density at radius 3 is 2.72 bits per heavy atom. The van der Waals surface area contributed by atoms with Crippen LogP contribution in [0.5, 0.6) is 0 Å². The monoisotopic (exact) mass is 390 g/mol. The number of rotatable bonds is 5. The number of nitrogens with zero attached hydrogens (tertiary/aromatic N) is 3. The number of anilines is 2. The summed E-state index contributed by atoms with van der Waals surface area (Å²) in [5, 5.41) is 7.21. The second kappa shape index (κ2) is 8.47. The molecule has 1 aromatic heterocycles. The van der Waals surface area contributed by atoms with Crippen LogP contribution in [0.4, 0.5) is 11.7 Å². The predicted octanol–water partition coefficient (Wildman–Crippen LogP) is 4.46. The highest BCUT2D eigenvalue weighted by atomic mass is 16.5. The van der Waals surface area contributed by atoms with Crippen molar-refractivity contribution in [2.45, 2.75) is 33.1 Å². The molecule has 1 saturated heterocycles. The number of nitrogens with one attached hydrogen (secondary N) is 1. The number of hydrogen-bond donors (Lipinski definition) is 1. The minimum atomic E-state index is -0.00436. The van der Waals surface area contributed by atoms with E-state index in [0.29, 0.717) is 11.8 Å². The molecule has 0 unspecified atom stereocenters. The van der Waals surface area contributed by atoms with E-state index in [1.54, 1.807) is 0 Å². The predicted molar refractivity (Wildman–Crippen MR) is 114 cm³/mol. The molecule has 0 aliphatic carbocycles. The number of aromatic nitrogens is 2. The van der Waals surface area contributed by atoms with Crippen molar-refractivity contribution in [3.63, 3.8) is 0 Å². The summed E-state index contributed by atoms with van der Waals surface area (Å²) in [6, 6.07) is 16.6. The average molecular weight is 390 g/mol. The van der Waals surface area contributed by atoms with Crippen LogP contribution in [-0.2, 0) is 11.2 Å². The van der Waals surface area contributed by atoms with Crippen LogP contribution in [0.3, 0.4) is 0 Å². The van der Waals surface area contributed by atoms with Crippen LogP contribution < -0.4 is 10.2 Å². The minimum absolute atomic E-state index is 0.00436. The molecule has 150 valence electrons. The molecule has 1 fully saturated rings. The van der Waals surface area contributed by atoms with Crippen molar-refractivity contribution >= 4 is 17.6 Å². The summed E-state index contributed by atoms with van der Waals surface area (Å²) in [4.78, 5) is 19.3. The Morgan fingerprint density at radius 1 is 1.17 bits per heavy atom. The molecule has 1 aliphatic rings. The van der Waals surface area contributed by atoms with Crippen molar-refractivity contribution < 1.29 is 9.32 Å². The van der Waals surface area contributed by atoms with Crippen LogP contribution in [0.1, 0.15) is 30.9 Å². The summed E-state index contributed by atoms with van der Waals surface area (Å²) in [5.74, 6) is 0.688. The van der Waals surface area contributed by atoms with Gasteiger partial charge < -0.3 is 14.7 Å². The number of amides is 1. The minimum Gasteiger partial charge on any atom is -0.326 e. The molecule has 0 saturated carbocycles. The maximum Gasteiger partial charge on any atom is 0.324 e. The summed E-state index contributed by atoms with van der Waals surface area (Å²) < 4.78 is 5.49. The lowest BCUT2D eigenvalue weighted by molar-refractivity contribution is -0.120. The second-order valence-electron chi connectivity index (χ2n) is 7.52. The van der Waals surface area contributed by atoms with Gasteiger partial charge in [0.2, 0.25) is 11.7 Å². The van der Waals surface area contributed by atoms with E-state index < -0.39 is 0 Å². The highest BCUT2D eigenvalue weighted by Gasteiger charge is 2.27. The normalized spacial score (nSPS) is 14.8. The van der Waals surface area contributed by atoms with Crippen LogP contribution in [0.15, 0.2) is 53.1 Å². The van der Waals surface area contributed by atoms with Gasteiger partial charge in [-0.25, -0.2) is 0 Å². The SMILES string of the molecule is CCc1cccc(NC(=O)C2CCN(c3nc(-c4ccccc4C)no3)CC2)c1. The van der Waals surface area contributed by atoms with E-state index in [1.165, 1.54) is 5.56 Å². The molecule has 2 aromatic carbocycles. The molecule has 1 amide bonds. The largest absolute Gasteiger partial charge is 0.326 e. The summed E-state index contributed by atoms with van der Waals surface area (Å²) in [7, 11) is 0. The number of carbonyl (C=O) groups excluding carboxylic acids is 1. The third kappa shape index (κ3) is 4.31. The quantitative estimate of drug-likeness (QED) is 0.696. The van der Waals surface area contributed by atoms with Crippen molar-refractivity contribution in [3.8, 4) is 11.4 Å². The zero-order valence-electron chi connectivity index (χ0n) is 16.9. The Hall–Kier alpha value is -3.15. The molecule has 0 radical (unpaired) electrons. The fourth-order valence-corrected chi connectivity index (χ4v) is 3.72. The molecule has 29 heavy (non-hydrogen) atoms. The maximum atomic E-state index is 12.7. The fraction of sp³-hybridized carbons (Fsp3) is 0.348. The van der Waals surface area contributed by atoms with Crippen LogP contribution in [0.25, 0.3) is 11.4 Å². The Labute approximate surface area is 170 Å². The molecule has 1 aliphatic heterocycles. The molecule has 3 aromatic rings. The second-order valence-corrected chi connectivity index (χ2v) is 7.52. The van der Waals surface area contributed by atoms with Crippen molar-refractivity contribution in [1.82, 2.24) is 10.1 Å². The van der Waals surface area contributed by atoms with Gasteiger partial charge in [0.15, 0.2) is 0 Å². The van der Waals surface area contributed by atoms with Crippen LogP contribution in [-0.4, -0.2) is 29.1 Å². The zero-order valence-corrected chi connectivity index (χ0v) is 16.9. The molecule has 1 N–H and O–H groups in total. The number of hydrogen-bond acceptors (Lipinski definition) is 5. The number of benzene rings is 2. The van der Waals surface area contributed by atoms with Crippen molar-refractivity contribution in [3.05, 3.63) is 59.7 Å². The third-order valence-electron chi connectivity index (χ3n) is 5.54. The zero-order chi connectivity index (χ0) is 20.2. The number of carbonyl (C=O) groups is 1. The summed E-state index contributed by atoms with van der Waals surface area (Å²) >= 11 is 0. The van der Waals surface area contributed by atoms with Gasteiger partial charge in [-0.15, -0.1) is 0 Å². The molecule has 6 heteroatoms. The Kier molecular flexibility index (Phi) is 5.60. The Morgan fingerprint density at radius 2 is 1.97 bits per heavy atom. The van der Waals surface area contributed by atoms with Gasteiger partial charge in [0.1, 0.15) is 0 Å².